The molecule has 2 aliphatic heterocycles. The van der Waals surface area contributed by atoms with Crippen LogP contribution in [0.4, 0.5) is 0 Å². The first-order valence-corrected chi connectivity index (χ1v) is 13.3. The molecule has 2 spiro atoms. The Labute approximate surface area is 190 Å². The van der Waals surface area contributed by atoms with Crippen molar-refractivity contribution >= 4 is 0 Å². The Morgan fingerprint density at radius 2 is 1.61 bits per heavy atom. The Kier molecular flexibility index (Phi) is 5.28. The summed E-state index contributed by atoms with van der Waals surface area (Å²) in [6.07, 6.45) is 14.9. The highest BCUT2D eigenvalue weighted by molar-refractivity contribution is 5.23. The number of fused-ring (bicyclic) bond motifs is 3. The molecule has 31 heavy (non-hydrogen) atoms. The van der Waals surface area contributed by atoms with Gasteiger partial charge in [-0.25, -0.2) is 9.78 Å². The maximum Gasteiger partial charge on any atom is 0.112 e. The molecule has 6 rings (SSSR count). The van der Waals surface area contributed by atoms with Gasteiger partial charge in [-0.3, -0.25) is 0 Å². The summed E-state index contributed by atoms with van der Waals surface area (Å²) in [5.74, 6) is 3.89. The topological polar surface area (TPSA) is 38.7 Å². The van der Waals surface area contributed by atoms with Crippen molar-refractivity contribution in [3.63, 3.8) is 0 Å². The molecule has 4 aliphatic carbocycles. The molecule has 6 fully saturated rings. The van der Waals surface area contributed by atoms with Gasteiger partial charge < -0.3 is 5.11 Å². The number of hydrogen-bond donors (Lipinski definition) is 1. The molecular weight excluding hydrogens is 384 g/mol. The van der Waals surface area contributed by atoms with Crippen LogP contribution >= 0.6 is 0 Å². The molecule has 0 amide bonds. The van der Waals surface area contributed by atoms with Gasteiger partial charge in [0.05, 0.1) is 6.10 Å². The van der Waals surface area contributed by atoms with Crippen LogP contribution in [0.1, 0.15) is 99.3 Å². The zero-order chi connectivity index (χ0) is 22.2. The quantitative estimate of drug-likeness (QED) is 0.398. The minimum Gasteiger partial charge on any atom is -0.393 e. The predicted molar refractivity (Wildman–Crippen MR) is 124 cm³/mol. The summed E-state index contributed by atoms with van der Waals surface area (Å²) in [6, 6.07) is 0. The van der Waals surface area contributed by atoms with E-state index < -0.39 is 0 Å². The molecule has 3 heteroatoms. The molecule has 1 N–H and O–H groups in total. The van der Waals surface area contributed by atoms with Crippen molar-refractivity contribution in [1.29, 1.82) is 0 Å². The maximum absolute atomic E-state index is 10.4. The number of hydrogen-bond acceptors (Lipinski definition) is 3. The van der Waals surface area contributed by atoms with Crippen molar-refractivity contribution in [2.45, 2.75) is 117 Å². The van der Waals surface area contributed by atoms with Gasteiger partial charge in [0.25, 0.3) is 0 Å². The van der Waals surface area contributed by atoms with Crippen molar-refractivity contribution in [2.24, 2.45) is 46.3 Å². The Morgan fingerprint density at radius 1 is 0.839 bits per heavy atom. The Balaban J connectivity index is 1.42. The largest absolute Gasteiger partial charge is 0.393 e. The summed E-state index contributed by atoms with van der Waals surface area (Å²) in [4.78, 5) is 12.9. The molecule has 2 bridgehead atoms. The normalized spacial score (nSPS) is 53.3. The second-order valence-electron chi connectivity index (χ2n) is 13.1. The number of allylic oxidation sites excluding steroid dienone is 2. The Morgan fingerprint density at radius 3 is 2.29 bits per heavy atom. The smallest absolute Gasteiger partial charge is 0.112 e. The van der Waals surface area contributed by atoms with E-state index in [1.807, 2.05) is 0 Å². The van der Waals surface area contributed by atoms with Crippen LogP contribution in [0.3, 0.4) is 0 Å². The zero-order valence-electron chi connectivity index (χ0n) is 20.8. The van der Waals surface area contributed by atoms with Crippen LogP contribution in [0.15, 0.2) is 12.2 Å². The zero-order valence-corrected chi connectivity index (χ0v) is 20.8. The monoisotopic (exact) mass is 430 g/mol. The lowest BCUT2D eigenvalue weighted by atomic mass is 9.40. The highest BCUT2D eigenvalue weighted by Crippen LogP contribution is 2.74. The second kappa shape index (κ2) is 7.31. The third kappa shape index (κ3) is 2.94. The SMILES string of the molecule is CC(C)[C@H](C)/C=C/[C@H](C)[C@@H]1CC[C@@H]2[C@]1(C)CC[C@H]1[C@]23CC[C@]2(C[C@@H](O)CC[C@@]12C)OO3. The van der Waals surface area contributed by atoms with Crippen LogP contribution in [0.25, 0.3) is 0 Å². The third-order valence-corrected chi connectivity index (χ3v) is 11.6. The number of rotatable bonds is 4. The highest BCUT2D eigenvalue weighted by Gasteiger charge is 2.75. The van der Waals surface area contributed by atoms with Crippen molar-refractivity contribution in [3.8, 4) is 0 Å². The number of aliphatic hydroxyl groups excluding tert-OH is 1. The Bertz CT molecular complexity index is 720. The van der Waals surface area contributed by atoms with Crippen molar-refractivity contribution in [1.82, 2.24) is 0 Å². The lowest BCUT2D eigenvalue weighted by Gasteiger charge is -2.72. The van der Waals surface area contributed by atoms with Crippen LogP contribution in [-0.2, 0) is 9.78 Å². The van der Waals surface area contributed by atoms with Crippen LogP contribution < -0.4 is 0 Å². The summed E-state index contributed by atoms with van der Waals surface area (Å²) in [5, 5.41) is 10.4. The molecule has 0 aromatic carbocycles. The van der Waals surface area contributed by atoms with E-state index in [1.165, 1.54) is 25.7 Å². The summed E-state index contributed by atoms with van der Waals surface area (Å²) in [6.45, 7) is 14.5. The van der Waals surface area contributed by atoms with E-state index in [1.54, 1.807) is 0 Å². The summed E-state index contributed by atoms with van der Waals surface area (Å²) in [7, 11) is 0. The first kappa shape index (κ1) is 22.4. The molecule has 0 aromatic rings. The average Bonchev–Trinajstić information content (AvgIpc) is 3.09. The van der Waals surface area contributed by atoms with Gasteiger partial charge in [0, 0.05) is 11.8 Å². The van der Waals surface area contributed by atoms with Gasteiger partial charge in [0.2, 0.25) is 0 Å². The maximum atomic E-state index is 10.4. The molecule has 6 aliphatic rings. The molecule has 176 valence electrons. The molecule has 10 atom stereocenters. The minimum absolute atomic E-state index is 0.102. The molecular formula is C28H46O3. The molecule has 4 saturated carbocycles. The fourth-order valence-electron chi connectivity index (χ4n) is 9.32. The first-order chi connectivity index (χ1) is 14.6. The first-order valence-electron chi connectivity index (χ1n) is 13.3. The van der Waals surface area contributed by atoms with Crippen molar-refractivity contribution in [3.05, 3.63) is 12.2 Å². The van der Waals surface area contributed by atoms with E-state index in [-0.39, 0.29) is 22.7 Å². The molecule has 0 aromatic heterocycles. The molecule has 0 radical (unpaired) electrons. The molecule has 2 heterocycles. The fourth-order valence-corrected chi connectivity index (χ4v) is 9.32. The van der Waals surface area contributed by atoms with E-state index in [2.05, 4.69) is 53.7 Å². The van der Waals surface area contributed by atoms with Crippen molar-refractivity contribution in [2.75, 3.05) is 0 Å². The van der Waals surface area contributed by atoms with Crippen LogP contribution in [0.2, 0.25) is 0 Å². The Hall–Kier alpha value is -0.380. The lowest BCUT2D eigenvalue weighted by Crippen LogP contribution is -2.75. The van der Waals surface area contributed by atoms with Crippen LogP contribution in [0.5, 0.6) is 0 Å². The minimum atomic E-state index is -0.258. The second-order valence-corrected chi connectivity index (χ2v) is 13.1. The van der Waals surface area contributed by atoms with E-state index in [0.717, 1.165) is 38.0 Å². The van der Waals surface area contributed by atoms with Gasteiger partial charge in [0.1, 0.15) is 11.2 Å². The third-order valence-electron chi connectivity index (χ3n) is 11.6. The van der Waals surface area contributed by atoms with Gasteiger partial charge >= 0.3 is 0 Å². The summed E-state index contributed by atoms with van der Waals surface area (Å²) in [5.41, 5.74) is 0.133. The standard InChI is InChI=1S/C28H46O3/c1-18(2)19(3)7-8-20(4)22-9-10-23-25(22,5)13-12-24-26(6)14-11-21(29)17-27(26)15-16-28(23,24)31-30-27/h7-8,18-24,29H,9-17H2,1-6H3/b8-7+/t19-,20+,21+,22+,23-,24-,25-,26+,27-,28+/m1/s1. The highest BCUT2D eigenvalue weighted by atomic mass is 17.2. The van der Waals surface area contributed by atoms with Gasteiger partial charge in [-0.15, -0.1) is 0 Å². The molecule has 3 nitrogen and oxygen atoms in total. The van der Waals surface area contributed by atoms with Gasteiger partial charge in [-0.05, 0) is 92.3 Å². The predicted octanol–water partition coefficient (Wildman–Crippen LogP) is 6.70. The van der Waals surface area contributed by atoms with Crippen LogP contribution in [-0.4, -0.2) is 22.4 Å². The summed E-state index contributed by atoms with van der Waals surface area (Å²) < 4.78 is 0. The van der Waals surface area contributed by atoms with E-state index in [4.69, 9.17) is 9.78 Å². The van der Waals surface area contributed by atoms with Crippen LogP contribution in [0, 0.1) is 46.3 Å². The average molecular weight is 431 g/mol. The van der Waals surface area contributed by atoms with E-state index in [0.29, 0.717) is 35.0 Å². The van der Waals surface area contributed by atoms with Crippen molar-refractivity contribution < 1.29 is 14.9 Å². The van der Waals surface area contributed by atoms with E-state index >= 15 is 0 Å². The van der Waals surface area contributed by atoms with Gasteiger partial charge in [-0.1, -0.05) is 53.7 Å². The van der Waals surface area contributed by atoms with Gasteiger partial charge in [0.15, 0.2) is 0 Å². The lowest BCUT2D eigenvalue weighted by molar-refractivity contribution is -0.536. The summed E-state index contributed by atoms with van der Waals surface area (Å²) >= 11 is 0. The number of aliphatic hydroxyl groups is 1. The van der Waals surface area contributed by atoms with E-state index in [9.17, 15) is 5.11 Å². The molecule has 2 saturated heterocycles. The fraction of sp³-hybridized carbons (Fsp3) is 0.929. The van der Waals surface area contributed by atoms with Gasteiger partial charge in [-0.2, -0.15) is 0 Å². The molecule has 0 unspecified atom stereocenters.